The van der Waals surface area contributed by atoms with Crippen molar-refractivity contribution in [3.63, 3.8) is 0 Å². The molecule has 2 rings (SSSR count). The Hall–Kier alpha value is -1.89. The summed E-state index contributed by atoms with van der Waals surface area (Å²) in [5.74, 6) is -0.125. The minimum absolute atomic E-state index is 0.0395. The lowest BCUT2D eigenvalue weighted by Crippen LogP contribution is -2.43. The summed E-state index contributed by atoms with van der Waals surface area (Å²) in [6.45, 7) is 6.01. The smallest absolute Gasteiger partial charge is 0.225 e. The van der Waals surface area contributed by atoms with Gasteiger partial charge in [0.25, 0.3) is 0 Å². The number of sulfone groups is 1. The molecule has 2 unspecified atom stereocenters. The summed E-state index contributed by atoms with van der Waals surface area (Å²) >= 11 is 0. The molecular weight excluding hydrogens is 364 g/mol. The van der Waals surface area contributed by atoms with Gasteiger partial charge in [0.15, 0.2) is 9.84 Å². The third kappa shape index (κ3) is 6.34. The van der Waals surface area contributed by atoms with E-state index in [4.69, 9.17) is 0 Å². The third-order valence-electron chi connectivity index (χ3n) is 4.96. The Morgan fingerprint density at radius 1 is 1.26 bits per heavy atom. The highest BCUT2D eigenvalue weighted by Crippen LogP contribution is 2.23. The van der Waals surface area contributed by atoms with Crippen LogP contribution in [-0.2, 0) is 19.4 Å². The molecule has 1 N–H and O–H groups in total. The quantitative estimate of drug-likeness (QED) is 0.734. The Bertz CT molecular complexity index is 759. The molecule has 150 valence electrons. The van der Waals surface area contributed by atoms with Crippen molar-refractivity contribution in [2.24, 2.45) is 0 Å². The maximum atomic E-state index is 13.1. The predicted octanol–water partition coefficient (Wildman–Crippen LogP) is 2.38. The Kier molecular flexibility index (Phi) is 7.41. The molecule has 0 saturated carbocycles. The molecule has 1 heterocycles. The number of hydrogen-bond acceptors (Lipinski definition) is 4. The van der Waals surface area contributed by atoms with Crippen LogP contribution in [0.3, 0.4) is 0 Å². The third-order valence-corrected chi connectivity index (χ3v) is 6.71. The normalized spacial score (nSPS) is 19.4. The summed E-state index contributed by atoms with van der Waals surface area (Å²) in [5, 5.41) is 2.86. The van der Waals surface area contributed by atoms with Crippen LogP contribution in [0.15, 0.2) is 24.3 Å². The van der Waals surface area contributed by atoms with Crippen molar-refractivity contribution in [2.75, 3.05) is 18.1 Å². The summed E-state index contributed by atoms with van der Waals surface area (Å²) in [4.78, 5) is 26.4. The van der Waals surface area contributed by atoms with Crippen LogP contribution >= 0.6 is 0 Å². The lowest BCUT2D eigenvalue weighted by Gasteiger charge is -2.30. The number of nitrogens with one attached hydrogen (secondary N) is 1. The zero-order valence-corrected chi connectivity index (χ0v) is 17.2. The average molecular weight is 395 g/mol. The number of unbranched alkanes of at least 4 members (excludes halogenated alkanes) is 1. The summed E-state index contributed by atoms with van der Waals surface area (Å²) < 4.78 is 23.7. The largest absolute Gasteiger partial charge is 0.349 e. The molecule has 7 heteroatoms. The van der Waals surface area contributed by atoms with Gasteiger partial charge in [-0.2, -0.15) is 0 Å². The number of aryl methyl sites for hydroxylation is 1. The zero-order valence-electron chi connectivity index (χ0n) is 16.4. The van der Waals surface area contributed by atoms with Crippen LogP contribution in [0, 0.1) is 6.92 Å². The van der Waals surface area contributed by atoms with E-state index in [2.05, 4.69) is 5.32 Å². The van der Waals surface area contributed by atoms with Crippen LogP contribution in [0.4, 0.5) is 0 Å². The Morgan fingerprint density at radius 2 is 1.93 bits per heavy atom. The van der Waals surface area contributed by atoms with E-state index >= 15 is 0 Å². The molecule has 1 aromatic carbocycles. The molecule has 0 spiro atoms. The predicted molar refractivity (Wildman–Crippen MR) is 106 cm³/mol. The monoisotopic (exact) mass is 394 g/mol. The fourth-order valence-corrected chi connectivity index (χ4v) is 5.18. The van der Waals surface area contributed by atoms with Gasteiger partial charge >= 0.3 is 0 Å². The van der Waals surface area contributed by atoms with Crippen LogP contribution in [0.5, 0.6) is 0 Å². The molecule has 1 saturated heterocycles. The Morgan fingerprint density at radius 3 is 2.44 bits per heavy atom. The van der Waals surface area contributed by atoms with Crippen molar-refractivity contribution in [2.45, 2.75) is 58.5 Å². The van der Waals surface area contributed by atoms with Crippen molar-refractivity contribution in [1.82, 2.24) is 10.2 Å². The number of benzene rings is 1. The number of rotatable bonds is 8. The highest BCUT2D eigenvalue weighted by molar-refractivity contribution is 7.91. The van der Waals surface area contributed by atoms with Gasteiger partial charge in [-0.1, -0.05) is 43.2 Å². The molecule has 0 aromatic heterocycles. The molecule has 1 aliphatic rings. The number of carbonyl (C=O) groups is 2. The second-order valence-electron chi connectivity index (χ2n) is 7.37. The van der Waals surface area contributed by atoms with Crippen molar-refractivity contribution in [3.05, 3.63) is 35.4 Å². The standard InChI is InChI=1S/C20H30N2O4S/c1-4-5-11-22(18-10-12-27(25,26)14-18)20(24)13-19(21-16(3)23)17-8-6-15(2)7-9-17/h6-9,18-19H,4-5,10-14H2,1-3H3,(H,21,23). The van der Waals surface area contributed by atoms with Gasteiger partial charge in [-0.05, 0) is 25.3 Å². The van der Waals surface area contributed by atoms with Gasteiger partial charge in [-0.3, -0.25) is 9.59 Å². The fourth-order valence-electron chi connectivity index (χ4n) is 3.45. The van der Waals surface area contributed by atoms with Crippen LogP contribution in [0.25, 0.3) is 0 Å². The first kappa shape index (κ1) is 21.4. The summed E-state index contributed by atoms with van der Waals surface area (Å²) in [6, 6.07) is 7.06. The number of carbonyl (C=O) groups excluding carboxylic acids is 2. The first-order valence-corrected chi connectivity index (χ1v) is 11.4. The van der Waals surface area contributed by atoms with Gasteiger partial charge in [-0.15, -0.1) is 0 Å². The van der Waals surface area contributed by atoms with Gasteiger partial charge in [0.2, 0.25) is 11.8 Å². The molecular formula is C20H30N2O4S. The lowest BCUT2D eigenvalue weighted by atomic mass is 10.0. The molecule has 6 nitrogen and oxygen atoms in total. The molecule has 0 aliphatic carbocycles. The van der Waals surface area contributed by atoms with Crippen LogP contribution < -0.4 is 5.32 Å². The molecule has 27 heavy (non-hydrogen) atoms. The van der Waals surface area contributed by atoms with Gasteiger partial charge in [0.05, 0.1) is 24.0 Å². The van der Waals surface area contributed by atoms with Crippen LogP contribution in [0.1, 0.15) is 56.7 Å². The molecule has 1 aromatic rings. The summed E-state index contributed by atoms with van der Waals surface area (Å²) in [7, 11) is -3.07. The second kappa shape index (κ2) is 9.35. The SMILES string of the molecule is CCCCN(C(=O)CC(NC(C)=O)c1ccc(C)cc1)C1CCS(=O)(=O)C1. The molecule has 2 atom stereocenters. The van der Waals surface area contributed by atoms with Gasteiger partial charge in [-0.25, -0.2) is 8.42 Å². The minimum atomic E-state index is -3.07. The van der Waals surface area contributed by atoms with Crippen LogP contribution in [-0.4, -0.2) is 49.2 Å². The fraction of sp³-hybridized carbons (Fsp3) is 0.600. The van der Waals surface area contributed by atoms with Gasteiger partial charge < -0.3 is 10.2 Å². The second-order valence-corrected chi connectivity index (χ2v) is 9.59. The topological polar surface area (TPSA) is 83.6 Å². The Labute approximate surface area is 162 Å². The number of nitrogens with zero attached hydrogens (tertiary/aromatic N) is 1. The van der Waals surface area contributed by atoms with Crippen molar-refractivity contribution in [3.8, 4) is 0 Å². The molecule has 1 fully saturated rings. The molecule has 0 radical (unpaired) electrons. The molecule has 2 amide bonds. The van der Waals surface area contributed by atoms with Gasteiger partial charge in [0.1, 0.15) is 0 Å². The van der Waals surface area contributed by atoms with E-state index in [-0.39, 0.29) is 35.8 Å². The first-order chi connectivity index (χ1) is 12.7. The average Bonchev–Trinajstić information content (AvgIpc) is 2.94. The highest BCUT2D eigenvalue weighted by Gasteiger charge is 2.35. The summed E-state index contributed by atoms with van der Waals surface area (Å²) in [6.07, 6.45) is 2.38. The lowest BCUT2D eigenvalue weighted by molar-refractivity contribution is -0.134. The van der Waals surface area contributed by atoms with E-state index in [0.29, 0.717) is 13.0 Å². The Balaban J connectivity index is 2.18. The highest BCUT2D eigenvalue weighted by atomic mass is 32.2. The van der Waals surface area contributed by atoms with Crippen molar-refractivity contribution in [1.29, 1.82) is 0 Å². The van der Waals surface area contributed by atoms with E-state index in [1.807, 2.05) is 38.1 Å². The van der Waals surface area contributed by atoms with Crippen molar-refractivity contribution >= 4 is 21.7 Å². The summed E-state index contributed by atoms with van der Waals surface area (Å²) in [5.41, 5.74) is 1.98. The molecule has 1 aliphatic heterocycles. The minimum Gasteiger partial charge on any atom is -0.349 e. The maximum absolute atomic E-state index is 13.1. The first-order valence-electron chi connectivity index (χ1n) is 9.55. The molecule has 0 bridgehead atoms. The number of amides is 2. The van der Waals surface area contributed by atoms with E-state index in [0.717, 1.165) is 24.0 Å². The van der Waals surface area contributed by atoms with Crippen LogP contribution in [0.2, 0.25) is 0 Å². The van der Waals surface area contributed by atoms with Crippen molar-refractivity contribution < 1.29 is 18.0 Å². The maximum Gasteiger partial charge on any atom is 0.225 e. The van der Waals surface area contributed by atoms with E-state index in [1.165, 1.54) is 6.92 Å². The van der Waals surface area contributed by atoms with E-state index in [9.17, 15) is 18.0 Å². The number of hydrogen-bond donors (Lipinski definition) is 1. The van der Waals surface area contributed by atoms with Gasteiger partial charge in [0, 0.05) is 19.5 Å². The van der Waals surface area contributed by atoms with E-state index in [1.54, 1.807) is 4.90 Å². The van der Waals surface area contributed by atoms with E-state index < -0.39 is 15.9 Å². The zero-order chi connectivity index (χ0) is 20.0.